The third-order valence-corrected chi connectivity index (χ3v) is 3.56. The molecule has 118 valence electrons. The van der Waals surface area contributed by atoms with Crippen molar-refractivity contribution in [1.82, 2.24) is 15.0 Å². The molecule has 0 spiro atoms. The van der Waals surface area contributed by atoms with E-state index in [0.717, 1.165) is 19.3 Å². The Morgan fingerprint density at radius 3 is 3.14 bits per heavy atom. The van der Waals surface area contributed by atoms with Crippen molar-refractivity contribution in [2.45, 2.75) is 45.1 Å². The molecule has 1 aliphatic rings. The third-order valence-electron chi connectivity index (χ3n) is 3.56. The van der Waals surface area contributed by atoms with Crippen LogP contribution in [-0.4, -0.2) is 33.6 Å². The molecule has 1 aliphatic heterocycles. The van der Waals surface area contributed by atoms with Gasteiger partial charge in [0.15, 0.2) is 0 Å². The van der Waals surface area contributed by atoms with Gasteiger partial charge in [-0.2, -0.15) is 4.98 Å². The van der Waals surface area contributed by atoms with E-state index in [1.807, 2.05) is 12.4 Å². The lowest BCUT2D eigenvalue weighted by molar-refractivity contribution is -0.105. The number of nitrogens with one attached hydrogen (secondary N) is 2. The minimum atomic E-state index is 0.244. The van der Waals surface area contributed by atoms with Gasteiger partial charge >= 0.3 is 0 Å². The van der Waals surface area contributed by atoms with Crippen LogP contribution < -0.4 is 10.6 Å². The van der Waals surface area contributed by atoms with Crippen molar-refractivity contribution in [2.75, 3.05) is 10.6 Å². The van der Waals surface area contributed by atoms with Crippen molar-refractivity contribution in [1.29, 1.82) is 0 Å². The van der Waals surface area contributed by atoms with Crippen molar-refractivity contribution in [3.8, 4) is 0 Å². The Morgan fingerprint density at radius 1 is 1.41 bits per heavy atom. The van der Waals surface area contributed by atoms with Gasteiger partial charge in [0.1, 0.15) is 6.33 Å². The number of aliphatic imine (C=N–C) groups is 1. The molecule has 1 aromatic heterocycles. The molecule has 0 bridgehead atoms. The minimum absolute atomic E-state index is 0.244. The lowest BCUT2D eigenvalue weighted by Gasteiger charge is -2.18. The van der Waals surface area contributed by atoms with Gasteiger partial charge in [-0.05, 0) is 44.9 Å². The Kier molecular flexibility index (Phi) is 6.47. The molecule has 0 aromatic carbocycles. The van der Waals surface area contributed by atoms with Crippen LogP contribution in [0.15, 0.2) is 23.6 Å². The number of amides is 1. The molecule has 7 nitrogen and oxygen atoms in total. The first-order valence-electron chi connectivity index (χ1n) is 7.62. The largest absolute Gasteiger partial charge is 0.352 e. The highest BCUT2D eigenvalue weighted by molar-refractivity contribution is 5.66. The molecule has 2 N–H and O–H groups in total. The first-order valence-corrected chi connectivity index (χ1v) is 7.62. The number of carbonyl (C=O) groups excluding carboxylic acids is 1. The summed E-state index contributed by atoms with van der Waals surface area (Å²) >= 11 is 0. The average molecular weight is 302 g/mol. The van der Waals surface area contributed by atoms with Gasteiger partial charge in [0, 0.05) is 18.5 Å². The summed E-state index contributed by atoms with van der Waals surface area (Å²) in [5.74, 6) is 1.30. The lowest BCUT2D eigenvalue weighted by atomic mass is 9.94. The fourth-order valence-electron chi connectivity index (χ4n) is 2.36. The molecule has 0 saturated carbocycles. The number of hydrogen-bond donors (Lipinski definition) is 2. The van der Waals surface area contributed by atoms with Crippen LogP contribution in [0.25, 0.3) is 0 Å². The number of carbonyl (C=O) groups is 1. The molecule has 0 radical (unpaired) electrons. The standard InChI is InChI=1S/C15H22N6O/c1-12(5-6-13-4-2-3-8-16-9-7-13)20-15-18-10-17-14(21-15)19-11-22/h7-13H,2-6H2,1H3,(H2,17,18,19,20,21,22). The molecule has 2 heterocycles. The zero-order valence-corrected chi connectivity index (χ0v) is 12.8. The van der Waals surface area contributed by atoms with E-state index in [1.54, 1.807) is 0 Å². The van der Waals surface area contributed by atoms with Crippen LogP contribution in [0.1, 0.15) is 39.0 Å². The maximum absolute atomic E-state index is 10.4. The van der Waals surface area contributed by atoms with E-state index in [9.17, 15) is 4.79 Å². The van der Waals surface area contributed by atoms with Gasteiger partial charge < -0.3 is 5.32 Å². The van der Waals surface area contributed by atoms with Crippen molar-refractivity contribution in [2.24, 2.45) is 10.9 Å². The topological polar surface area (TPSA) is 92.2 Å². The summed E-state index contributed by atoms with van der Waals surface area (Å²) in [5.41, 5.74) is 0. The van der Waals surface area contributed by atoms with Gasteiger partial charge in [-0.25, -0.2) is 9.97 Å². The average Bonchev–Trinajstić information content (AvgIpc) is 2.47. The number of nitrogens with zero attached hydrogens (tertiary/aromatic N) is 4. The summed E-state index contributed by atoms with van der Waals surface area (Å²) in [5, 5.41) is 5.65. The van der Waals surface area contributed by atoms with Gasteiger partial charge in [-0.3, -0.25) is 15.1 Å². The highest BCUT2D eigenvalue weighted by Gasteiger charge is 2.10. The molecule has 7 heteroatoms. The van der Waals surface area contributed by atoms with E-state index in [2.05, 4.69) is 43.6 Å². The van der Waals surface area contributed by atoms with Crippen LogP contribution in [-0.2, 0) is 4.79 Å². The molecular formula is C15H22N6O. The highest BCUT2D eigenvalue weighted by atomic mass is 16.1. The van der Waals surface area contributed by atoms with Crippen molar-refractivity contribution >= 4 is 24.5 Å². The molecule has 0 aliphatic carbocycles. The fraction of sp³-hybridized carbons (Fsp3) is 0.533. The number of rotatable bonds is 7. The molecular weight excluding hydrogens is 280 g/mol. The maximum atomic E-state index is 10.4. The molecule has 2 unspecified atom stereocenters. The van der Waals surface area contributed by atoms with Crippen LogP contribution in [0.3, 0.4) is 0 Å². The molecule has 0 saturated heterocycles. The number of aromatic nitrogens is 3. The lowest BCUT2D eigenvalue weighted by Crippen LogP contribution is -2.19. The number of anilines is 2. The van der Waals surface area contributed by atoms with E-state index < -0.39 is 0 Å². The smallest absolute Gasteiger partial charge is 0.233 e. The third kappa shape index (κ3) is 5.59. The predicted molar refractivity (Wildman–Crippen MR) is 86.8 cm³/mol. The SMILES string of the molecule is CC(CCC1C=CN=CCCC1)Nc1ncnc(NC=O)n1. The Morgan fingerprint density at radius 2 is 2.27 bits per heavy atom. The number of hydrogen-bond acceptors (Lipinski definition) is 6. The first kappa shape index (κ1) is 16.1. The zero-order chi connectivity index (χ0) is 15.6. The summed E-state index contributed by atoms with van der Waals surface area (Å²) in [6.07, 6.45) is 13.6. The van der Waals surface area contributed by atoms with Crippen LogP contribution in [0, 0.1) is 5.92 Å². The van der Waals surface area contributed by atoms with E-state index in [4.69, 9.17) is 0 Å². The molecule has 22 heavy (non-hydrogen) atoms. The van der Waals surface area contributed by atoms with Gasteiger partial charge in [-0.15, -0.1) is 0 Å². The predicted octanol–water partition coefficient (Wildman–Crippen LogP) is 2.41. The van der Waals surface area contributed by atoms with E-state index in [1.165, 1.54) is 19.2 Å². The Hall–Kier alpha value is -2.31. The summed E-state index contributed by atoms with van der Waals surface area (Å²) in [7, 11) is 0. The van der Waals surface area contributed by atoms with Crippen LogP contribution in [0.2, 0.25) is 0 Å². The number of allylic oxidation sites excluding steroid dienone is 1. The summed E-state index contributed by atoms with van der Waals surface area (Å²) in [6.45, 7) is 2.10. The van der Waals surface area contributed by atoms with Crippen LogP contribution in [0.4, 0.5) is 11.9 Å². The Labute approximate surface area is 130 Å². The summed E-state index contributed by atoms with van der Waals surface area (Å²) in [4.78, 5) is 26.6. The molecule has 1 aromatic rings. The molecule has 2 atom stereocenters. The first-order chi connectivity index (χ1) is 10.8. The monoisotopic (exact) mass is 302 g/mol. The molecule has 2 rings (SSSR count). The molecule has 1 amide bonds. The van der Waals surface area contributed by atoms with E-state index in [-0.39, 0.29) is 12.0 Å². The van der Waals surface area contributed by atoms with Gasteiger partial charge in [0.05, 0.1) is 0 Å². The Bertz CT molecular complexity index is 531. The van der Waals surface area contributed by atoms with E-state index >= 15 is 0 Å². The Balaban J connectivity index is 1.80. The zero-order valence-electron chi connectivity index (χ0n) is 12.8. The van der Waals surface area contributed by atoms with Gasteiger partial charge in [0.25, 0.3) is 0 Å². The quantitative estimate of drug-likeness (QED) is 0.755. The summed E-state index contributed by atoms with van der Waals surface area (Å²) in [6, 6.07) is 0.244. The second-order valence-corrected chi connectivity index (χ2v) is 5.38. The van der Waals surface area contributed by atoms with Gasteiger partial charge in [-0.1, -0.05) is 6.08 Å². The van der Waals surface area contributed by atoms with Crippen molar-refractivity contribution in [3.63, 3.8) is 0 Å². The van der Waals surface area contributed by atoms with Crippen LogP contribution in [0.5, 0.6) is 0 Å². The van der Waals surface area contributed by atoms with Crippen LogP contribution >= 0.6 is 0 Å². The summed E-state index contributed by atoms with van der Waals surface area (Å²) < 4.78 is 0. The van der Waals surface area contributed by atoms with E-state index in [0.29, 0.717) is 18.3 Å². The highest BCUT2D eigenvalue weighted by Crippen LogP contribution is 2.19. The van der Waals surface area contributed by atoms with Crippen molar-refractivity contribution in [3.05, 3.63) is 18.6 Å². The normalized spacial score (nSPS) is 19.0. The maximum Gasteiger partial charge on any atom is 0.233 e. The molecule has 0 fully saturated rings. The minimum Gasteiger partial charge on any atom is -0.352 e. The van der Waals surface area contributed by atoms with Crippen molar-refractivity contribution < 1.29 is 4.79 Å². The second kappa shape index (κ2) is 8.86. The van der Waals surface area contributed by atoms with Gasteiger partial charge in [0.2, 0.25) is 18.3 Å². The fourth-order valence-corrected chi connectivity index (χ4v) is 2.36. The second-order valence-electron chi connectivity index (χ2n) is 5.38.